The summed E-state index contributed by atoms with van der Waals surface area (Å²) in [6, 6.07) is 1.09. The van der Waals surface area contributed by atoms with Crippen LogP contribution in [0.15, 0.2) is 18.5 Å². The van der Waals surface area contributed by atoms with Crippen molar-refractivity contribution >= 4 is 0 Å². The van der Waals surface area contributed by atoms with Crippen LogP contribution >= 0.6 is 0 Å². The van der Waals surface area contributed by atoms with Gasteiger partial charge < -0.3 is 9.84 Å². The molecule has 0 aliphatic carbocycles. The summed E-state index contributed by atoms with van der Waals surface area (Å²) in [5.74, 6) is 0.172. The Morgan fingerprint density at radius 2 is 2.07 bits per heavy atom. The molecule has 0 unspecified atom stereocenters. The number of nitrogens with zero attached hydrogens (tertiary/aromatic N) is 1. The third-order valence-electron chi connectivity index (χ3n) is 1.60. The molecule has 78 valence electrons. The molecule has 0 saturated heterocycles. The summed E-state index contributed by atoms with van der Waals surface area (Å²) in [6.07, 6.45) is -5.01. The zero-order chi connectivity index (χ0) is 10.8. The van der Waals surface area contributed by atoms with Gasteiger partial charge in [-0.15, -0.1) is 0 Å². The minimum Gasteiger partial charge on any atom is -0.495 e. The summed E-state index contributed by atoms with van der Waals surface area (Å²) in [5.41, 5.74) is -0.336. The SMILES string of the molecule is COc1cncc([C@H](O)C(F)(F)F)c1. The molecule has 1 rings (SSSR count). The number of halogens is 3. The summed E-state index contributed by atoms with van der Waals surface area (Å²) < 4.78 is 40.8. The number of aliphatic hydroxyl groups excluding tert-OH is 1. The van der Waals surface area contributed by atoms with Crippen molar-refractivity contribution in [3.8, 4) is 5.75 Å². The van der Waals surface area contributed by atoms with Crippen LogP contribution in [0.25, 0.3) is 0 Å². The van der Waals surface area contributed by atoms with E-state index in [-0.39, 0.29) is 11.3 Å². The predicted octanol–water partition coefficient (Wildman–Crippen LogP) is 1.69. The van der Waals surface area contributed by atoms with Gasteiger partial charge >= 0.3 is 6.18 Å². The second-order valence-electron chi connectivity index (χ2n) is 2.60. The maximum Gasteiger partial charge on any atom is 0.418 e. The molecular formula is C8H8F3NO2. The van der Waals surface area contributed by atoms with Gasteiger partial charge in [0.15, 0.2) is 6.10 Å². The van der Waals surface area contributed by atoms with E-state index in [1.807, 2.05) is 0 Å². The van der Waals surface area contributed by atoms with Crippen LogP contribution in [0.5, 0.6) is 5.75 Å². The summed E-state index contributed by atoms with van der Waals surface area (Å²) in [4.78, 5) is 3.51. The number of rotatable bonds is 2. The molecule has 0 amide bonds. The number of hydrogen-bond acceptors (Lipinski definition) is 3. The van der Waals surface area contributed by atoms with Gasteiger partial charge in [-0.3, -0.25) is 4.98 Å². The number of aliphatic hydroxyl groups is 1. The Balaban J connectivity index is 2.95. The number of ether oxygens (including phenoxy) is 1. The first kappa shape index (κ1) is 10.8. The standard InChI is InChI=1S/C8H8F3NO2/c1-14-6-2-5(3-12-4-6)7(13)8(9,10)11/h2-4,7,13H,1H3/t7-/m0/s1. The number of hydrogen-bond donors (Lipinski definition) is 1. The van der Waals surface area contributed by atoms with Crippen LogP contribution in [-0.4, -0.2) is 23.4 Å². The quantitative estimate of drug-likeness (QED) is 0.802. The Morgan fingerprint density at radius 1 is 1.43 bits per heavy atom. The van der Waals surface area contributed by atoms with E-state index in [4.69, 9.17) is 5.11 Å². The zero-order valence-corrected chi connectivity index (χ0v) is 7.25. The van der Waals surface area contributed by atoms with Crippen molar-refractivity contribution < 1.29 is 23.0 Å². The zero-order valence-electron chi connectivity index (χ0n) is 7.25. The summed E-state index contributed by atoms with van der Waals surface area (Å²) in [6.45, 7) is 0. The molecule has 1 atom stereocenters. The third-order valence-corrected chi connectivity index (χ3v) is 1.60. The topological polar surface area (TPSA) is 42.4 Å². The minimum atomic E-state index is -4.69. The molecule has 0 radical (unpaired) electrons. The van der Waals surface area contributed by atoms with Crippen molar-refractivity contribution in [2.45, 2.75) is 12.3 Å². The summed E-state index contributed by atoms with van der Waals surface area (Å²) in [5, 5.41) is 8.86. The van der Waals surface area contributed by atoms with Crippen molar-refractivity contribution in [3.63, 3.8) is 0 Å². The van der Waals surface area contributed by atoms with Gasteiger partial charge in [-0.2, -0.15) is 13.2 Å². The fourth-order valence-corrected chi connectivity index (χ4v) is 0.886. The predicted molar refractivity (Wildman–Crippen MR) is 41.8 cm³/mol. The number of aromatic nitrogens is 1. The first-order chi connectivity index (χ1) is 6.45. The molecule has 14 heavy (non-hydrogen) atoms. The molecule has 1 aromatic rings. The van der Waals surface area contributed by atoms with Crippen LogP contribution in [0.2, 0.25) is 0 Å². The van der Waals surface area contributed by atoms with E-state index < -0.39 is 12.3 Å². The Labute approximate surface area is 78.2 Å². The van der Waals surface area contributed by atoms with Crippen LogP contribution in [0.1, 0.15) is 11.7 Å². The van der Waals surface area contributed by atoms with Gasteiger partial charge in [-0.25, -0.2) is 0 Å². The van der Waals surface area contributed by atoms with E-state index in [1.54, 1.807) is 0 Å². The molecule has 1 N–H and O–H groups in total. The summed E-state index contributed by atoms with van der Waals surface area (Å²) in [7, 11) is 1.31. The molecule has 1 aromatic heterocycles. The fraction of sp³-hybridized carbons (Fsp3) is 0.375. The Hall–Kier alpha value is -1.30. The van der Waals surface area contributed by atoms with Gasteiger partial charge in [-0.1, -0.05) is 0 Å². The van der Waals surface area contributed by atoms with E-state index in [1.165, 1.54) is 13.3 Å². The average Bonchev–Trinajstić information content (AvgIpc) is 2.15. The molecule has 0 aliphatic heterocycles. The van der Waals surface area contributed by atoms with E-state index in [0.717, 1.165) is 12.3 Å². The number of methoxy groups -OCH3 is 1. The van der Waals surface area contributed by atoms with E-state index >= 15 is 0 Å². The largest absolute Gasteiger partial charge is 0.495 e. The first-order valence-electron chi connectivity index (χ1n) is 3.69. The first-order valence-corrected chi connectivity index (χ1v) is 3.69. The smallest absolute Gasteiger partial charge is 0.418 e. The molecule has 1 heterocycles. The summed E-state index contributed by atoms with van der Waals surface area (Å²) >= 11 is 0. The highest BCUT2D eigenvalue weighted by molar-refractivity contribution is 5.25. The lowest BCUT2D eigenvalue weighted by molar-refractivity contribution is -0.206. The molecule has 0 saturated carbocycles. The number of alkyl halides is 3. The van der Waals surface area contributed by atoms with Crippen LogP contribution in [-0.2, 0) is 0 Å². The number of pyridine rings is 1. The van der Waals surface area contributed by atoms with Crippen LogP contribution in [0, 0.1) is 0 Å². The maximum atomic E-state index is 12.1. The lowest BCUT2D eigenvalue weighted by atomic mass is 10.1. The van der Waals surface area contributed by atoms with Gasteiger partial charge in [0.2, 0.25) is 0 Å². The van der Waals surface area contributed by atoms with Gasteiger partial charge in [0.25, 0.3) is 0 Å². The van der Waals surface area contributed by atoms with Gasteiger partial charge in [0.1, 0.15) is 5.75 Å². The van der Waals surface area contributed by atoms with Gasteiger partial charge in [-0.05, 0) is 6.07 Å². The van der Waals surface area contributed by atoms with Crippen molar-refractivity contribution in [2.75, 3.05) is 7.11 Å². The highest BCUT2D eigenvalue weighted by Crippen LogP contribution is 2.32. The molecular weight excluding hydrogens is 199 g/mol. The van der Waals surface area contributed by atoms with Gasteiger partial charge in [0, 0.05) is 11.8 Å². The van der Waals surface area contributed by atoms with Crippen molar-refractivity contribution in [2.24, 2.45) is 0 Å². The molecule has 0 spiro atoms. The third kappa shape index (κ3) is 2.35. The highest BCUT2D eigenvalue weighted by Gasteiger charge is 2.39. The van der Waals surface area contributed by atoms with Crippen molar-refractivity contribution in [1.29, 1.82) is 0 Å². The second kappa shape index (κ2) is 3.83. The monoisotopic (exact) mass is 207 g/mol. The Kier molecular flexibility index (Phi) is 2.95. The van der Waals surface area contributed by atoms with Crippen molar-refractivity contribution in [1.82, 2.24) is 4.98 Å². The van der Waals surface area contributed by atoms with Crippen molar-refractivity contribution in [3.05, 3.63) is 24.0 Å². The Morgan fingerprint density at radius 3 is 2.57 bits per heavy atom. The molecule has 3 nitrogen and oxygen atoms in total. The van der Waals surface area contributed by atoms with Crippen LogP contribution < -0.4 is 4.74 Å². The molecule has 6 heteroatoms. The van der Waals surface area contributed by atoms with E-state index in [0.29, 0.717) is 0 Å². The van der Waals surface area contributed by atoms with Crippen LogP contribution in [0.3, 0.4) is 0 Å². The maximum absolute atomic E-state index is 12.1. The normalized spacial score (nSPS) is 13.8. The van der Waals surface area contributed by atoms with Gasteiger partial charge in [0.05, 0.1) is 13.3 Å². The van der Waals surface area contributed by atoms with Crippen LogP contribution in [0.4, 0.5) is 13.2 Å². The fourth-order valence-electron chi connectivity index (χ4n) is 0.886. The molecule has 0 bridgehead atoms. The minimum absolute atomic E-state index is 0.172. The van der Waals surface area contributed by atoms with E-state index in [2.05, 4.69) is 9.72 Å². The second-order valence-corrected chi connectivity index (χ2v) is 2.60. The molecule has 0 aliphatic rings. The Bertz CT molecular complexity index is 314. The molecule has 0 aromatic carbocycles. The highest BCUT2D eigenvalue weighted by atomic mass is 19.4. The van der Waals surface area contributed by atoms with E-state index in [9.17, 15) is 13.2 Å². The lowest BCUT2D eigenvalue weighted by Crippen LogP contribution is -2.20. The average molecular weight is 207 g/mol. The molecule has 0 fully saturated rings. The lowest BCUT2D eigenvalue weighted by Gasteiger charge is -2.14.